The van der Waals surface area contributed by atoms with Crippen LogP contribution in [0.1, 0.15) is 69.4 Å². The van der Waals surface area contributed by atoms with Crippen LogP contribution in [0.5, 0.6) is 0 Å². The van der Waals surface area contributed by atoms with Gasteiger partial charge in [0.15, 0.2) is 0 Å². The number of piperazine rings is 1. The lowest BCUT2D eigenvalue weighted by Crippen LogP contribution is -2.60. The van der Waals surface area contributed by atoms with Crippen molar-refractivity contribution in [1.82, 2.24) is 15.1 Å². The van der Waals surface area contributed by atoms with Crippen molar-refractivity contribution in [3.05, 3.63) is 65.2 Å². The molecule has 0 bridgehead atoms. The summed E-state index contributed by atoms with van der Waals surface area (Å²) < 4.78 is 39.1. The van der Waals surface area contributed by atoms with E-state index in [-0.39, 0.29) is 54.5 Å². The first-order valence-corrected chi connectivity index (χ1v) is 13.6. The van der Waals surface area contributed by atoms with Gasteiger partial charge in [-0.15, -0.1) is 0 Å². The Morgan fingerprint density at radius 1 is 1.00 bits per heavy atom. The first kappa shape index (κ1) is 31.0. The number of alkyl halides is 3. The van der Waals surface area contributed by atoms with E-state index in [2.05, 4.69) is 31.4 Å². The molecule has 7 nitrogen and oxygen atoms in total. The lowest BCUT2D eigenvalue weighted by Gasteiger charge is -2.41. The summed E-state index contributed by atoms with van der Waals surface area (Å²) in [6.07, 6.45) is -3.84. The predicted octanol–water partition coefficient (Wildman–Crippen LogP) is 5.91. The highest BCUT2D eigenvalue weighted by Crippen LogP contribution is 2.31. The number of hydrogen-bond acceptors (Lipinski definition) is 3. The summed E-state index contributed by atoms with van der Waals surface area (Å²) in [7, 11) is 0. The molecule has 0 radical (unpaired) electrons. The first-order chi connectivity index (χ1) is 18.6. The van der Waals surface area contributed by atoms with Crippen LogP contribution in [0, 0.1) is 5.92 Å². The van der Waals surface area contributed by atoms with E-state index in [1.165, 1.54) is 17.0 Å². The molecule has 3 atom stereocenters. The van der Waals surface area contributed by atoms with Crippen molar-refractivity contribution in [2.45, 2.75) is 71.6 Å². The van der Waals surface area contributed by atoms with E-state index >= 15 is 0 Å². The van der Waals surface area contributed by atoms with Crippen molar-refractivity contribution in [3.63, 3.8) is 0 Å². The molecule has 218 valence electrons. The molecule has 1 aliphatic rings. The summed E-state index contributed by atoms with van der Waals surface area (Å²) in [5.74, 6) is -0.673. The standard InChI is InChI=1S/C30H39F3N4O3/c1-7-19(2)25(35-26(38)21-11-13-22(14-12-21)29(4,5)6)27(39)36-15-16-37(20(3)18-36)28(40)34-24-10-8-9-23(17-24)30(31,32)33/h8-14,17,19-20,25H,7,15-16,18H2,1-6H3,(H,34,40)(H,35,38). The van der Waals surface area contributed by atoms with E-state index in [0.29, 0.717) is 12.0 Å². The van der Waals surface area contributed by atoms with Gasteiger partial charge in [0.05, 0.1) is 5.56 Å². The minimum atomic E-state index is -4.52. The van der Waals surface area contributed by atoms with Gasteiger partial charge < -0.3 is 20.4 Å². The molecule has 1 heterocycles. The van der Waals surface area contributed by atoms with Crippen molar-refractivity contribution in [1.29, 1.82) is 0 Å². The average Bonchev–Trinajstić information content (AvgIpc) is 2.89. The van der Waals surface area contributed by atoms with Gasteiger partial charge in [0, 0.05) is 36.9 Å². The van der Waals surface area contributed by atoms with Crippen molar-refractivity contribution < 1.29 is 27.6 Å². The van der Waals surface area contributed by atoms with Gasteiger partial charge in [0.1, 0.15) is 6.04 Å². The van der Waals surface area contributed by atoms with Crippen LogP contribution >= 0.6 is 0 Å². The number of carbonyl (C=O) groups is 3. The van der Waals surface area contributed by atoms with Crippen LogP contribution in [0.25, 0.3) is 0 Å². The molecule has 0 spiro atoms. The fraction of sp³-hybridized carbons (Fsp3) is 0.500. The van der Waals surface area contributed by atoms with Crippen LogP contribution in [-0.4, -0.2) is 59.4 Å². The van der Waals surface area contributed by atoms with Gasteiger partial charge >= 0.3 is 12.2 Å². The van der Waals surface area contributed by atoms with Gasteiger partial charge in [0.2, 0.25) is 5.91 Å². The Labute approximate surface area is 234 Å². The number of anilines is 1. The van der Waals surface area contributed by atoms with E-state index < -0.39 is 23.8 Å². The number of halogens is 3. The topological polar surface area (TPSA) is 81.8 Å². The monoisotopic (exact) mass is 560 g/mol. The number of nitrogens with one attached hydrogen (secondary N) is 2. The third-order valence-corrected chi connectivity index (χ3v) is 7.42. The molecule has 1 fully saturated rings. The van der Waals surface area contributed by atoms with Crippen molar-refractivity contribution in [2.24, 2.45) is 5.92 Å². The summed E-state index contributed by atoms with van der Waals surface area (Å²) in [6, 6.07) is 10.2. The van der Waals surface area contributed by atoms with Crippen LogP contribution in [0.2, 0.25) is 0 Å². The van der Waals surface area contributed by atoms with Crippen LogP contribution < -0.4 is 10.6 Å². The molecular weight excluding hydrogens is 521 g/mol. The number of hydrogen-bond donors (Lipinski definition) is 2. The van der Waals surface area contributed by atoms with Gasteiger partial charge in [-0.25, -0.2) is 4.79 Å². The molecule has 2 aromatic carbocycles. The molecule has 0 aliphatic carbocycles. The summed E-state index contributed by atoms with van der Waals surface area (Å²) in [5.41, 5.74) is 0.714. The smallest absolute Gasteiger partial charge is 0.340 e. The van der Waals surface area contributed by atoms with Crippen molar-refractivity contribution in [2.75, 3.05) is 25.0 Å². The Morgan fingerprint density at radius 3 is 2.20 bits per heavy atom. The fourth-order valence-corrected chi connectivity index (χ4v) is 4.65. The third-order valence-electron chi connectivity index (χ3n) is 7.42. The highest BCUT2D eigenvalue weighted by Gasteiger charge is 2.36. The zero-order valence-electron chi connectivity index (χ0n) is 23.9. The van der Waals surface area contributed by atoms with E-state index in [0.717, 1.165) is 17.7 Å². The normalized spacial score (nSPS) is 17.7. The number of benzene rings is 2. The Morgan fingerprint density at radius 2 is 1.65 bits per heavy atom. The Bertz CT molecular complexity index is 1210. The minimum Gasteiger partial charge on any atom is -0.340 e. The highest BCUT2D eigenvalue weighted by molar-refractivity contribution is 5.97. The summed E-state index contributed by atoms with van der Waals surface area (Å²) >= 11 is 0. The van der Waals surface area contributed by atoms with Gasteiger partial charge in [-0.1, -0.05) is 59.2 Å². The molecular formula is C30H39F3N4O3. The Balaban J connectivity index is 1.66. The Hall–Kier alpha value is -3.56. The van der Waals surface area contributed by atoms with Gasteiger partial charge in [-0.3, -0.25) is 9.59 Å². The molecule has 1 aliphatic heterocycles. The van der Waals surface area contributed by atoms with Crippen molar-refractivity contribution in [3.8, 4) is 0 Å². The van der Waals surface area contributed by atoms with E-state index in [1.807, 2.05) is 26.0 Å². The predicted molar refractivity (Wildman–Crippen MR) is 149 cm³/mol. The second-order valence-electron chi connectivity index (χ2n) is 11.5. The molecule has 0 saturated carbocycles. The maximum atomic E-state index is 13.6. The number of amides is 4. The van der Waals surface area contributed by atoms with Crippen LogP contribution in [0.15, 0.2) is 48.5 Å². The summed E-state index contributed by atoms with van der Waals surface area (Å²) in [5, 5.41) is 5.46. The number of rotatable bonds is 6. The Kier molecular flexibility index (Phi) is 9.53. The maximum absolute atomic E-state index is 13.6. The van der Waals surface area contributed by atoms with Gasteiger partial charge in [-0.2, -0.15) is 13.2 Å². The summed E-state index contributed by atoms with van der Waals surface area (Å²) in [6.45, 7) is 12.6. The molecule has 1 saturated heterocycles. The quantitative estimate of drug-likeness (QED) is 0.461. The lowest BCUT2D eigenvalue weighted by molar-refractivity contribution is -0.138. The van der Waals surface area contributed by atoms with E-state index in [4.69, 9.17) is 0 Å². The zero-order valence-corrected chi connectivity index (χ0v) is 23.9. The van der Waals surface area contributed by atoms with E-state index in [9.17, 15) is 27.6 Å². The molecule has 3 unspecified atom stereocenters. The number of urea groups is 1. The summed E-state index contributed by atoms with van der Waals surface area (Å²) in [4.78, 5) is 42.7. The maximum Gasteiger partial charge on any atom is 0.416 e. The molecule has 3 rings (SSSR count). The molecule has 2 N–H and O–H groups in total. The molecule has 2 aromatic rings. The molecule has 10 heteroatoms. The number of carbonyl (C=O) groups excluding carboxylic acids is 3. The average molecular weight is 561 g/mol. The SMILES string of the molecule is CCC(C)C(NC(=O)c1ccc(C(C)(C)C)cc1)C(=O)N1CCN(C(=O)Nc2cccc(C(F)(F)F)c2)C(C)C1. The minimum absolute atomic E-state index is 0.0422. The second-order valence-corrected chi connectivity index (χ2v) is 11.5. The first-order valence-electron chi connectivity index (χ1n) is 13.6. The number of nitrogens with zero attached hydrogens (tertiary/aromatic N) is 2. The second kappa shape index (κ2) is 12.3. The van der Waals surface area contributed by atoms with Gasteiger partial charge in [0.25, 0.3) is 5.91 Å². The molecule has 40 heavy (non-hydrogen) atoms. The van der Waals surface area contributed by atoms with Gasteiger partial charge in [-0.05, 0) is 54.2 Å². The van der Waals surface area contributed by atoms with Crippen LogP contribution in [0.3, 0.4) is 0 Å². The van der Waals surface area contributed by atoms with Crippen LogP contribution in [0.4, 0.5) is 23.7 Å². The zero-order chi connectivity index (χ0) is 29.8. The molecule has 4 amide bonds. The van der Waals surface area contributed by atoms with Crippen LogP contribution in [-0.2, 0) is 16.4 Å². The van der Waals surface area contributed by atoms with Crippen molar-refractivity contribution >= 4 is 23.5 Å². The highest BCUT2D eigenvalue weighted by atomic mass is 19.4. The largest absolute Gasteiger partial charge is 0.416 e. The molecule has 0 aromatic heterocycles. The fourth-order valence-electron chi connectivity index (χ4n) is 4.65. The van der Waals surface area contributed by atoms with E-state index in [1.54, 1.807) is 24.0 Å². The lowest BCUT2D eigenvalue weighted by atomic mass is 9.86. The third kappa shape index (κ3) is 7.55.